The Morgan fingerprint density at radius 1 is 0.902 bits per heavy atom. The number of ether oxygens (including phenoxy) is 2. The third kappa shape index (κ3) is 8.00. The summed E-state index contributed by atoms with van der Waals surface area (Å²) >= 11 is 0. The summed E-state index contributed by atoms with van der Waals surface area (Å²) in [7, 11) is -1.37. The summed E-state index contributed by atoms with van der Waals surface area (Å²) in [4.78, 5) is 28.5. The van der Waals surface area contributed by atoms with Crippen molar-refractivity contribution < 1.29 is 27.5 Å². The second-order valence-electron chi connectivity index (χ2n) is 10.8. The molecule has 0 aliphatic heterocycles. The lowest BCUT2D eigenvalue weighted by Crippen LogP contribution is -2.54. The second kappa shape index (κ2) is 13.1. The van der Waals surface area contributed by atoms with E-state index in [0.717, 1.165) is 15.4 Å². The van der Waals surface area contributed by atoms with Gasteiger partial charge in [0.05, 0.1) is 24.8 Å². The Labute approximate surface area is 243 Å². The van der Waals surface area contributed by atoms with E-state index in [0.29, 0.717) is 11.4 Å². The number of hydrogen-bond donors (Lipinski definition) is 1. The van der Waals surface area contributed by atoms with Crippen LogP contribution in [-0.4, -0.2) is 57.5 Å². The van der Waals surface area contributed by atoms with Crippen LogP contribution in [0.25, 0.3) is 0 Å². The van der Waals surface area contributed by atoms with Crippen molar-refractivity contribution in [1.82, 2.24) is 10.2 Å². The zero-order valence-corrected chi connectivity index (χ0v) is 25.5. The molecule has 3 aromatic rings. The normalized spacial score (nSPS) is 12.3. The molecule has 10 heteroatoms. The van der Waals surface area contributed by atoms with Crippen molar-refractivity contribution in [1.29, 1.82) is 0 Å². The fourth-order valence-electron chi connectivity index (χ4n) is 4.17. The number of sulfonamides is 1. The predicted molar refractivity (Wildman–Crippen MR) is 160 cm³/mol. The lowest BCUT2D eigenvalue weighted by Gasteiger charge is -2.33. The molecular formula is C31H39N3O6S. The molecule has 9 nitrogen and oxygen atoms in total. The van der Waals surface area contributed by atoms with Crippen LogP contribution in [0.1, 0.15) is 38.8 Å². The number of hydrogen-bond acceptors (Lipinski definition) is 6. The van der Waals surface area contributed by atoms with E-state index < -0.39 is 34.1 Å². The van der Waals surface area contributed by atoms with E-state index in [1.165, 1.54) is 37.3 Å². The molecule has 1 atom stereocenters. The van der Waals surface area contributed by atoms with Crippen LogP contribution < -0.4 is 19.1 Å². The number of methoxy groups -OCH3 is 2. The molecule has 3 rings (SSSR count). The van der Waals surface area contributed by atoms with Crippen molar-refractivity contribution in [3.05, 3.63) is 83.9 Å². The Morgan fingerprint density at radius 3 is 2.07 bits per heavy atom. The molecule has 0 heterocycles. The summed E-state index contributed by atoms with van der Waals surface area (Å²) in [5.74, 6) is -0.264. The highest BCUT2D eigenvalue weighted by Crippen LogP contribution is 2.32. The first-order valence-corrected chi connectivity index (χ1v) is 14.7. The summed E-state index contributed by atoms with van der Waals surface area (Å²) in [5.41, 5.74) is 1.66. The number of anilines is 1. The molecule has 3 aromatic carbocycles. The largest absolute Gasteiger partial charge is 0.493 e. The van der Waals surface area contributed by atoms with Crippen molar-refractivity contribution in [2.75, 3.05) is 25.1 Å². The van der Waals surface area contributed by atoms with Crippen LogP contribution >= 0.6 is 0 Å². The molecule has 2 amide bonds. The van der Waals surface area contributed by atoms with Gasteiger partial charge < -0.3 is 19.7 Å². The minimum Gasteiger partial charge on any atom is -0.493 e. The van der Waals surface area contributed by atoms with Gasteiger partial charge in [-0.05, 0) is 64.4 Å². The van der Waals surface area contributed by atoms with Crippen LogP contribution in [-0.2, 0) is 26.2 Å². The Bertz CT molecular complexity index is 1450. The van der Waals surface area contributed by atoms with Crippen LogP contribution in [0.5, 0.6) is 11.5 Å². The van der Waals surface area contributed by atoms with Crippen LogP contribution in [0.15, 0.2) is 77.7 Å². The van der Waals surface area contributed by atoms with Gasteiger partial charge >= 0.3 is 0 Å². The number of rotatable bonds is 11. The van der Waals surface area contributed by atoms with E-state index in [9.17, 15) is 18.0 Å². The average Bonchev–Trinajstić information content (AvgIpc) is 2.94. The summed E-state index contributed by atoms with van der Waals surface area (Å²) in [6.45, 7) is 8.77. The number of nitrogens with zero attached hydrogens (tertiary/aromatic N) is 2. The SMILES string of the molecule is COc1ccc(S(=O)(=O)N(CC(=O)N(Cc2ccc(C)cc2)[C@@H](C)C(=O)NC(C)(C)C)c2ccccc2)cc1OC. The molecule has 220 valence electrons. The number of para-hydroxylation sites is 1. The Balaban J connectivity index is 2.04. The van der Waals surface area contributed by atoms with E-state index >= 15 is 0 Å². The minimum atomic E-state index is -4.24. The van der Waals surface area contributed by atoms with Gasteiger partial charge in [0.2, 0.25) is 11.8 Å². The highest BCUT2D eigenvalue weighted by molar-refractivity contribution is 7.92. The second-order valence-corrected chi connectivity index (χ2v) is 12.6. The molecule has 0 aromatic heterocycles. The van der Waals surface area contributed by atoms with Crippen LogP contribution in [0, 0.1) is 6.92 Å². The number of aryl methyl sites for hydroxylation is 1. The smallest absolute Gasteiger partial charge is 0.264 e. The average molecular weight is 582 g/mol. The van der Waals surface area contributed by atoms with Crippen LogP contribution in [0.2, 0.25) is 0 Å². The van der Waals surface area contributed by atoms with E-state index in [2.05, 4.69) is 5.32 Å². The molecule has 0 fully saturated rings. The third-order valence-corrected chi connectivity index (χ3v) is 8.17. The molecular weight excluding hydrogens is 542 g/mol. The first kappa shape index (κ1) is 31.5. The van der Waals surface area contributed by atoms with Gasteiger partial charge in [0.1, 0.15) is 12.6 Å². The Morgan fingerprint density at radius 2 is 1.51 bits per heavy atom. The zero-order chi connectivity index (χ0) is 30.4. The van der Waals surface area contributed by atoms with Gasteiger partial charge in [-0.15, -0.1) is 0 Å². The van der Waals surface area contributed by atoms with Crippen molar-refractivity contribution in [2.45, 2.75) is 57.6 Å². The highest BCUT2D eigenvalue weighted by atomic mass is 32.2. The quantitative estimate of drug-likeness (QED) is 0.357. The van der Waals surface area contributed by atoms with E-state index in [1.807, 2.05) is 52.0 Å². The van der Waals surface area contributed by atoms with Crippen molar-refractivity contribution in [3.63, 3.8) is 0 Å². The lowest BCUT2D eigenvalue weighted by atomic mass is 10.1. The maximum absolute atomic E-state index is 14.0. The van der Waals surface area contributed by atoms with Crippen LogP contribution in [0.3, 0.4) is 0 Å². The minimum absolute atomic E-state index is 0.0737. The van der Waals surface area contributed by atoms with Gasteiger partial charge in [0.15, 0.2) is 11.5 Å². The molecule has 0 aliphatic rings. The topological polar surface area (TPSA) is 105 Å². The number of amides is 2. The molecule has 0 aliphatic carbocycles. The van der Waals surface area contributed by atoms with Gasteiger partial charge in [0.25, 0.3) is 10.0 Å². The molecule has 0 radical (unpaired) electrons. The first-order chi connectivity index (χ1) is 19.3. The maximum Gasteiger partial charge on any atom is 0.264 e. The molecule has 1 N–H and O–H groups in total. The molecule has 0 spiro atoms. The number of nitrogens with one attached hydrogen (secondary N) is 1. The van der Waals surface area contributed by atoms with Crippen molar-refractivity contribution in [3.8, 4) is 11.5 Å². The first-order valence-electron chi connectivity index (χ1n) is 13.2. The van der Waals surface area contributed by atoms with Gasteiger partial charge in [0, 0.05) is 18.2 Å². The summed E-state index contributed by atoms with van der Waals surface area (Å²) in [6, 6.07) is 19.4. The molecule has 0 saturated heterocycles. The highest BCUT2D eigenvalue weighted by Gasteiger charge is 2.33. The number of carbonyl (C=O) groups excluding carboxylic acids is 2. The predicted octanol–water partition coefficient (Wildman–Crippen LogP) is 4.54. The maximum atomic E-state index is 14.0. The Kier molecular flexibility index (Phi) is 10.0. The zero-order valence-electron chi connectivity index (χ0n) is 24.7. The standard InChI is InChI=1S/C31H39N3O6S/c1-22-13-15-24(16-14-22)20-33(23(2)30(36)32-31(3,4)5)29(35)21-34(25-11-9-8-10-12-25)41(37,38)26-17-18-27(39-6)28(19-26)40-7/h8-19,23H,20-21H2,1-7H3,(H,32,36)/t23-/m0/s1. The summed E-state index contributed by atoms with van der Waals surface area (Å²) < 4.78 is 39.7. The number of carbonyl (C=O) groups is 2. The van der Waals surface area contributed by atoms with Gasteiger partial charge in [-0.1, -0.05) is 48.0 Å². The van der Waals surface area contributed by atoms with Gasteiger partial charge in [-0.25, -0.2) is 8.42 Å². The van der Waals surface area contributed by atoms with Gasteiger partial charge in [-0.2, -0.15) is 0 Å². The Hall–Kier alpha value is -4.05. The van der Waals surface area contributed by atoms with Crippen molar-refractivity contribution >= 4 is 27.5 Å². The monoisotopic (exact) mass is 581 g/mol. The molecule has 0 saturated carbocycles. The van der Waals surface area contributed by atoms with E-state index in [1.54, 1.807) is 37.3 Å². The van der Waals surface area contributed by atoms with E-state index in [-0.39, 0.29) is 23.1 Å². The van der Waals surface area contributed by atoms with E-state index in [4.69, 9.17) is 9.47 Å². The van der Waals surface area contributed by atoms with Crippen LogP contribution in [0.4, 0.5) is 5.69 Å². The fraction of sp³-hybridized carbons (Fsp3) is 0.355. The summed E-state index contributed by atoms with van der Waals surface area (Å²) in [6.07, 6.45) is 0. The summed E-state index contributed by atoms with van der Waals surface area (Å²) in [5, 5.41) is 2.92. The third-order valence-electron chi connectivity index (χ3n) is 6.41. The lowest BCUT2D eigenvalue weighted by molar-refractivity contribution is -0.140. The van der Waals surface area contributed by atoms with Crippen molar-refractivity contribution in [2.24, 2.45) is 0 Å². The van der Waals surface area contributed by atoms with Gasteiger partial charge in [-0.3, -0.25) is 13.9 Å². The number of benzene rings is 3. The fourth-order valence-corrected chi connectivity index (χ4v) is 5.60. The molecule has 0 bridgehead atoms. The molecule has 0 unspecified atom stereocenters. The molecule has 41 heavy (non-hydrogen) atoms.